The van der Waals surface area contributed by atoms with Gasteiger partial charge in [-0.3, -0.25) is 14.6 Å². The number of nitrogens with zero attached hydrogens (tertiary/aromatic N) is 1. The number of benzene rings is 1. The van der Waals surface area contributed by atoms with Gasteiger partial charge in [0, 0.05) is 12.7 Å². The fourth-order valence-electron chi connectivity index (χ4n) is 3.72. The fourth-order valence-corrected chi connectivity index (χ4v) is 3.72. The molecule has 0 atom stereocenters. The van der Waals surface area contributed by atoms with Crippen LogP contribution in [0.3, 0.4) is 0 Å². The molecule has 5 nitrogen and oxygen atoms in total. The normalized spacial score (nSPS) is 15.7. The maximum atomic E-state index is 12.6. The van der Waals surface area contributed by atoms with Crippen molar-refractivity contribution >= 4 is 11.8 Å². The molecule has 1 aliphatic carbocycles. The molecule has 0 saturated heterocycles. The van der Waals surface area contributed by atoms with Gasteiger partial charge in [-0.05, 0) is 42.4 Å². The van der Waals surface area contributed by atoms with Crippen molar-refractivity contribution in [3.63, 3.8) is 0 Å². The highest BCUT2D eigenvalue weighted by atomic mass is 16.2. The number of hydrogen-bond acceptors (Lipinski definition) is 3. The van der Waals surface area contributed by atoms with Crippen molar-refractivity contribution in [2.75, 3.05) is 6.54 Å². The van der Waals surface area contributed by atoms with E-state index in [9.17, 15) is 9.59 Å². The first kappa shape index (κ1) is 17.1. The number of amides is 2. The average Bonchev–Trinajstić information content (AvgIpc) is 3.09. The van der Waals surface area contributed by atoms with Gasteiger partial charge in [-0.25, -0.2) is 0 Å². The zero-order valence-corrected chi connectivity index (χ0v) is 14.2. The van der Waals surface area contributed by atoms with Crippen LogP contribution in [0.1, 0.15) is 52.1 Å². The third-order valence-electron chi connectivity index (χ3n) is 5.00. The van der Waals surface area contributed by atoms with Gasteiger partial charge in [0.1, 0.15) is 5.69 Å². The number of rotatable bonds is 6. The molecule has 2 amide bonds. The van der Waals surface area contributed by atoms with Crippen LogP contribution in [0.4, 0.5) is 0 Å². The van der Waals surface area contributed by atoms with Gasteiger partial charge < -0.3 is 11.1 Å². The Bertz CT molecular complexity index is 753. The van der Waals surface area contributed by atoms with Gasteiger partial charge in [-0.15, -0.1) is 0 Å². The molecular weight excluding hydrogens is 314 g/mol. The van der Waals surface area contributed by atoms with Gasteiger partial charge in [0.2, 0.25) is 0 Å². The quantitative estimate of drug-likeness (QED) is 0.850. The van der Waals surface area contributed by atoms with E-state index in [4.69, 9.17) is 5.73 Å². The molecule has 2 aromatic rings. The van der Waals surface area contributed by atoms with E-state index >= 15 is 0 Å². The first-order valence-corrected chi connectivity index (χ1v) is 8.67. The van der Waals surface area contributed by atoms with Gasteiger partial charge in [-0.1, -0.05) is 43.2 Å². The number of carbonyl (C=O) groups is 2. The van der Waals surface area contributed by atoms with E-state index in [1.54, 1.807) is 12.1 Å². The predicted molar refractivity (Wildman–Crippen MR) is 96.1 cm³/mol. The predicted octanol–water partition coefficient (Wildman–Crippen LogP) is 2.71. The number of aromatic nitrogens is 1. The summed E-state index contributed by atoms with van der Waals surface area (Å²) in [5.74, 6) is -0.980. The molecule has 3 rings (SSSR count). The molecule has 1 heterocycles. The molecule has 1 aliphatic rings. The lowest BCUT2D eigenvalue weighted by molar-refractivity contribution is 0.0914. The summed E-state index contributed by atoms with van der Waals surface area (Å²) < 4.78 is 0. The Labute approximate surface area is 147 Å². The smallest absolute Gasteiger partial charge is 0.268 e. The second-order valence-electron chi connectivity index (χ2n) is 6.82. The molecule has 0 radical (unpaired) electrons. The standard InChI is InChI=1S/C20H23N3O2/c21-18(24)17-16(9-6-12-22-17)19(25)23-14-20(10-4-5-11-20)13-15-7-2-1-3-8-15/h1-3,6-9,12H,4-5,10-11,13-14H2,(H2,21,24)(H,23,25). The molecule has 1 fully saturated rings. The minimum Gasteiger partial charge on any atom is -0.364 e. The van der Waals surface area contributed by atoms with Gasteiger partial charge in [0.05, 0.1) is 5.56 Å². The summed E-state index contributed by atoms with van der Waals surface area (Å²) in [7, 11) is 0. The van der Waals surface area contributed by atoms with E-state index in [0.717, 1.165) is 19.3 Å². The molecule has 0 bridgehead atoms. The molecular formula is C20H23N3O2. The van der Waals surface area contributed by atoms with E-state index in [1.807, 2.05) is 18.2 Å². The Morgan fingerprint density at radius 2 is 1.80 bits per heavy atom. The lowest BCUT2D eigenvalue weighted by Gasteiger charge is -2.29. The molecule has 130 valence electrons. The summed E-state index contributed by atoms with van der Waals surface area (Å²) >= 11 is 0. The zero-order valence-electron chi connectivity index (χ0n) is 14.2. The lowest BCUT2D eigenvalue weighted by atomic mass is 9.80. The summed E-state index contributed by atoms with van der Waals surface area (Å²) in [5, 5.41) is 3.01. The number of nitrogens with two attached hydrogens (primary N) is 1. The average molecular weight is 337 g/mol. The largest absolute Gasteiger partial charge is 0.364 e. The Morgan fingerprint density at radius 3 is 2.48 bits per heavy atom. The summed E-state index contributed by atoms with van der Waals surface area (Å²) in [6.07, 6.45) is 6.97. The molecule has 0 spiro atoms. The Hall–Kier alpha value is -2.69. The highest BCUT2D eigenvalue weighted by molar-refractivity contribution is 6.05. The summed E-state index contributed by atoms with van der Waals surface area (Å²) in [5.41, 5.74) is 6.94. The number of nitrogens with one attached hydrogen (secondary N) is 1. The summed E-state index contributed by atoms with van der Waals surface area (Å²) in [6, 6.07) is 13.6. The zero-order chi connectivity index (χ0) is 17.7. The van der Waals surface area contributed by atoms with Gasteiger partial charge in [0.25, 0.3) is 11.8 Å². The van der Waals surface area contributed by atoms with E-state index in [1.165, 1.54) is 24.6 Å². The van der Waals surface area contributed by atoms with Gasteiger partial charge in [0.15, 0.2) is 0 Å². The monoisotopic (exact) mass is 337 g/mol. The van der Waals surface area contributed by atoms with Crippen molar-refractivity contribution in [1.29, 1.82) is 0 Å². The van der Waals surface area contributed by atoms with Crippen molar-refractivity contribution in [3.05, 3.63) is 65.5 Å². The molecule has 1 aromatic heterocycles. The van der Waals surface area contributed by atoms with Crippen molar-refractivity contribution < 1.29 is 9.59 Å². The third kappa shape index (κ3) is 4.05. The van der Waals surface area contributed by atoms with E-state index in [0.29, 0.717) is 6.54 Å². The Kier molecular flexibility index (Phi) is 5.12. The molecule has 0 aliphatic heterocycles. The van der Waals surface area contributed by atoms with Crippen LogP contribution in [-0.2, 0) is 6.42 Å². The summed E-state index contributed by atoms with van der Waals surface area (Å²) in [6.45, 7) is 0.591. The molecule has 1 saturated carbocycles. The SMILES string of the molecule is NC(=O)c1ncccc1C(=O)NCC1(Cc2ccccc2)CCCC1. The Morgan fingerprint density at radius 1 is 1.08 bits per heavy atom. The molecule has 0 unspecified atom stereocenters. The molecule has 25 heavy (non-hydrogen) atoms. The number of pyridine rings is 1. The second-order valence-corrected chi connectivity index (χ2v) is 6.82. The highest BCUT2D eigenvalue weighted by Gasteiger charge is 2.34. The minimum absolute atomic E-state index is 0.0172. The second kappa shape index (κ2) is 7.47. The Balaban J connectivity index is 1.72. The van der Waals surface area contributed by atoms with Crippen LogP contribution in [0.25, 0.3) is 0 Å². The maximum absolute atomic E-state index is 12.6. The van der Waals surface area contributed by atoms with E-state index in [-0.39, 0.29) is 22.6 Å². The van der Waals surface area contributed by atoms with Crippen LogP contribution in [0.15, 0.2) is 48.7 Å². The molecule has 3 N–H and O–H groups in total. The minimum atomic E-state index is -0.689. The van der Waals surface area contributed by atoms with Crippen molar-refractivity contribution in [1.82, 2.24) is 10.3 Å². The van der Waals surface area contributed by atoms with Crippen molar-refractivity contribution in [2.45, 2.75) is 32.1 Å². The topological polar surface area (TPSA) is 85.1 Å². The van der Waals surface area contributed by atoms with Crippen molar-refractivity contribution in [3.8, 4) is 0 Å². The first-order chi connectivity index (χ1) is 12.1. The third-order valence-corrected chi connectivity index (χ3v) is 5.00. The fraction of sp³-hybridized carbons (Fsp3) is 0.350. The van der Waals surface area contributed by atoms with Crippen LogP contribution < -0.4 is 11.1 Å². The van der Waals surface area contributed by atoms with Crippen LogP contribution >= 0.6 is 0 Å². The first-order valence-electron chi connectivity index (χ1n) is 8.67. The van der Waals surface area contributed by atoms with Crippen molar-refractivity contribution in [2.24, 2.45) is 11.1 Å². The van der Waals surface area contributed by atoms with Gasteiger partial charge in [-0.2, -0.15) is 0 Å². The summed E-state index contributed by atoms with van der Waals surface area (Å²) in [4.78, 5) is 28.0. The van der Waals surface area contributed by atoms with E-state index in [2.05, 4.69) is 22.4 Å². The number of carbonyl (C=O) groups excluding carboxylic acids is 2. The van der Waals surface area contributed by atoms with E-state index < -0.39 is 5.91 Å². The van der Waals surface area contributed by atoms with Crippen LogP contribution in [0, 0.1) is 5.41 Å². The van der Waals surface area contributed by atoms with Crippen LogP contribution in [0.2, 0.25) is 0 Å². The van der Waals surface area contributed by atoms with Gasteiger partial charge >= 0.3 is 0 Å². The molecule has 5 heteroatoms. The maximum Gasteiger partial charge on any atom is 0.268 e. The highest BCUT2D eigenvalue weighted by Crippen LogP contribution is 2.40. The lowest BCUT2D eigenvalue weighted by Crippen LogP contribution is -2.38. The van der Waals surface area contributed by atoms with Crippen LogP contribution in [-0.4, -0.2) is 23.3 Å². The molecule has 1 aromatic carbocycles. The number of primary amides is 1. The number of hydrogen-bond donors (Lipinski definition) is 2. The van der Waals surface area contributed by atoms with Crippen LogP contribution in [0.5, 0.6) is 0 Å².